The summed E-state index contributed by atoms with van der Waals surface area (Å²) in [6.45, 7) is 1.59. The van der Waals surface area contributed by atoms with Crippen molar-refractivity contribution >= 4 is 63.7 Å². The van der Waals surface area contributed by atoms with Gasteiger partial charge in [-0.05, 0) is 49.9 Å². The van der Waals surface area contributed by atoms with Gasteiger partial charge in [0, 0.05) is 37.7 Å². The number of fused-ring (bicyclic) bond motifs is 4. The van der Waals surface area contributed by atoms with Crippen LogP contribution in [0.25, 0.3) is 0 Å². The number of halogens is 2. The molecule has 2 saturated heterocycles. The van der Waals surface area contributed by atoms with Crippen molar-refractivity contribution in [1.82, 2.24) is 0 Å². The molecule has 15 nitrogen and oxygen atoms in total. The molecule has 0 unspecified atom stereocenters. The number of ether oxygens (including phenoxy) is 1. The Balaban J connectivity index is 1.38. The first kappa shape index (κ1) is 35.5. The molecule has 2 aliphatic carbocycles. The average Bonchev–Trinajstić information content (AvgIpc) is 3.48. The Morgan fingerprint density at radius 1 is 0.943 bits per heavy atom. The lowest BCUT2D eigenvalue weighted by Gasteiger charge is -2.49. The molecule has 4 aliphatic rings. The second kappa shape index (κ2) is 12.4. The molecule has 0 aromatic heterocycles. The lowest BCUT2D eigenvalue weighted by atomic mass is 9.51. The minimum absolute atomic E-state index is 0.0149. The maximum Gasteiger partial charge on any atom is 0.301 e. The number of nitrogens with zero attached hydrogens (tertiary/aromatic N) is 5. The van der Waals surface area contributed by atoms with Gasteiger partial charge in [-0.3, -0.25) is 39.4 Å². The summed E-state index contributed by atoms with van der Waals surface area (Å²) in [4.78, 5) is 83.0. The number of anilines is 3. The number of allylic oxidation sites excluding steroid dienone is 2. The van der Waals surface area contributed by atoms with Crippen LogP contribution in [0.3, 0.4) is 0 Å². The van der Waals surface area contributed by atoms with Crippen molar-refractivity contribution in [2.24, 2.45) is 29.1 Å². The first-order chi connectivity index (χ1) is 25.0. The van der Waals surface area contributed by atoms with E-state index in [2.05, 4.69) is 0 Å². The van der Waals surface area contributed by atoms with Crippen molar-refractivity contribution in [2.45, 2.75) is 25.7 Å². The molecule has 53 heavy (non-hydrogen) atoms. The Bertz CT molecular complexity index is 2190. The highest BCUT2D eigenvalue weighted by molar-refractivity contribution is 6.32. The summed E-state index contributed by atoms with van der Waals surface area (Å²) in [6.07, 6.45) is 1.62. The quantitative estimate of drug-likeness (QED) is 0.139. The van der Waals surface area contributed by atoms with E-state index in [-0.39, 0.29) is 52.0 Å². The van der Waals surface area contributed by atoms with E-state index in [9.17, 15) is 48.9 Å². The highest BCUT2D eigenvalue weighted by Gasteiger charge is 2.68. The van der Waals surface area contributed by atoms with E-state index in [0.29, 0.717) is 5.57 Å². The van der Waals surface area contributed by atoms with Crippen molar-refractivity contribution < 1.29 is 43.3 Å². The molecule has 1 N–H and O–H groups in total. The maximum absolute atomic E-state index is 14.6. The fourth-order valence-electron chi connectivity index (χ4n) is 8.88. The number of phenolic OH excluding ortho intramolecular Hbond substituents is 1. The number of nitro groups is 2. The zero-order valence-electron chi connectivity index (χ0n) is 28.6. The minimum atomic E-state index is -1.56. The summed E-state index contributed by atoms with van der Waals surface area (Å²) >= 11 is 6.05. The highest BCUT2D eigenvalue weighted by Crippen LogP contribution is 2.65. The Hall–Kier alpha value is -5.90. The normalized spacial score (nSPS) is 26.2. The Morgan fingerprint density at radius 2 is 1.60 bits per heavy atom. The van der Waals surface area contributed by atoms with Crippen molar-refractivity contribution in [3.05, 3.63) is 96.8 Å². The summed E-state index contributed by atoms with van der Waals surface area (Å²) in [7, 11) is 4.12. The van der Waals surface area contributed by atoms with Crippen LogP contribution in [-0.2, 0) is 19.2 Å². The third-order valence-corrected chi connectivity index (χ3v) is 11.4. The van der Waals surface area contributed by atoms with Crippen molar-refractivity contribution in [2.75, 3.05) is 35.9 Å². The van der Waals surface area contributed by atoms with Crippen molar-refractivity contribution in [1.29, 1.82) is 0 Å². The minimum Gasteiger partial charge on any atom is -0.504 e. The number of nitro benzene ring substituents is 2. The van der Waals surface area contributed by atoms with Gasteiger partial charge >= 0.3 is 11.4 Å². The SMILES string of the molecule is COc1cccc([C@H]2C3=CC[C@@H]4C(=O)N(c5cc([N+](=O)[O-])c(N(C)C)c([N+](=O)[O-])c5)C(=O)[C@@H]4[C@@H]3C[C@H]3C(=O)N(c4ccc(F)c(Cl)c4)C(=O)[C@@]23C)c1O. The van der Waals surface area contributed by atoms with Crippen LogP contribution >= 0.6 is 11.6 Å². The third kappa shape index (κ3) is 4.99. The van der Waals surface area contributed by atoms with Crippen LogP contribution in [0.15, 0.2) is 60.2 Å². The second-order valence-electron chi connectivity index (χ2n) is 13.9. The number of benzene rings is 3. The van der Waals surface area contributed by atoms with Crippen LogP contribution in [0.5, 0.6) is 11.5 Å². The van der Waals surface area contributed by atoms with Gasteiger partial charge in [0.1, 0.15) is 5.82 Å². The number of carbonyl (C=O) groups excluding carboxylic acids is 4. The molecule has 4 amide bonds. The molecule has 0 bridgehead atoms. The van der Waals surface area contributed by atoms with Crippen LogP contribution in [-0.4, -0.2) is 59.8 Å². The molecule has 274 valence electrons. The number of aromatic hydroxyl groups is 1. The predicted molar refractivity (Wildman–Crippen MR) is 187 cm³/mol. The van der Waals surface area contributed by atoms with E-state index in [1.165, 1.54) is 38.2 Å². The molecule has 3 aromatic carbocycles. The molecule has 0 radical (unpaired) electrons. The second-order valence-corrected chi connectivity index (χ2v) is 14.3. The monoisotopic (exact) mass is 747 g/mol. The Kier molecular flexibility index (Phi) is 8.28. The van der Waals surface area contributed by atoms with Gasteiger partial charge < -0.3 is 14.7 Å². The standard InChI is InChI=1S/C36H31ClFN5O10/c1-36-22(33(46)41(35(36)48)16-8-11-24(38)23(37)12-16)15-21-18(29(36)20-6-5-7-27(53-4)31(20)44)9-10-19-28(21)34(47)40(32(19)45)17-13-25(42(49)50)30(39(2)3)26(14-17)43(51)52/h5-9,11-14,19,21-22,28-29,44H,10,15H2,1-4H3/t19-,21+,22-,28-,29+,36+/m0/s1. The van der Waals surface area contributed by atoms with Crippen LogP contribution in [0, 0.1) is 55.1 Å². The molecule has 17 heteroatoms. The molecule has 1 saturated carbocycles. The molecule has 6 atom stereocenters. The number of para-hydroxylation sites is 1. The van der Waals surface area contributed by atoms with Gasteiger partial charge in [0.2, 0.25) is 23.6 Å². The van der Waals surface area contributed by atoms with E-state index in [0.717, 1.165) is 34.1 Å². The zero-order chi connectivity index (χ0) is 38.4. The molecule has 2 aliphatic heterocycles. The first-order valence-electron chi connectivity index (χ1n) is 16.5. The van der Waals surface area contributed by atoms with Crippen LogP contribution in [0.4, 0.5) is 32.8 Å². The number of hydrogen-bond donors (Lipinski definition) is 1. The van der Waals surface area contributed by atoms with Gasteiger partial charge in [0.15, 0.2) is 17.2 Å². The molecular weight excluding hydrogens is 717 g/mol. The highest BCUT2D eigenvalue weighted by atomic mass is 35.5. The number of hydrogen-bond acceptors (Lipinski definition) is 11. The first-order valence-corrected chi connectivity index (χ1v) is 16.8. The summed E-state index contributed by atoms with van der Waals surface area (Å²) in [5.41, 5.74) is -2.86. The molecular formula is C36H31ClFN5O10. The number of phenols is 1. The molecule has 0 spiro atoms. The number of imide groups is 2. The van der Waals surface area contributed by atoms with Crippen LogP contribution in [0.1, 0.15) is 31.2 Å². The smallest absolute Gasteiger partial charge is 0.301 e. The topological polar surface area (TPSA) is 194 Å². The van der Waals surface area contributed by atoms with Gasteiger partial charge in [0.05, 0.1) is 56.5 Å². The fraction of sp³-hybridized carbons (Fsp3) is 0.333. The molecule has 7 rings (SSSR count). The van der Waals surface area contributed by atoms with E-state index in [1.807, 2.05) is 0 Å². The summed E-state index contributed by atoms with van der Waals surface area (Å²) in [6, 6.07) is 10.0. The third-order valence-electron chi connectivity index (χ3n) is 11.2. The number of methoxy groups -OCH3 is 1. The van der Waals surface area contributed by atoms with Crippen LogP contribution < -0.4 is 19.4 Å². The number of rotatable bonds is 7. The maximum atomic E-state index is 14.6. The Morgan fingerprint density at radius 3 is 2.19 bits per heavy atom. The van der Waals surface area contributed by atoms with E-state index in [4.69, 9.17) is 16.3 Å². The van der Waals surface area contributed by atoms with E-state index < -0.39 is 85.7 Å². The van der Waals surface area contributed by atoms with Gasteiger partial charge in [0.25, 0.3) is 0 Å². The largest absolute Gasteiger partial charge is 0.504 e. The van der Waals surface area contributed by atoms with Crippen molar-refractivity contribution in [3.8, 4) is 11.5 Å². The molecule has 3 aromatic rings. The Labute approximate surface area is 305 Å². The fourth-order valence-corrected chi connectivity index (χ4v) is 9.05. The van der Waals surface area contributed by atoms with Crippen molar-refractivity contribution in [3.63, 3.8) is 0 Å². The zero-order valence-corrected chi connectivity index (χ0v) is 29.4. The summed E-state index contributed by atoms with van der Waals surface area (Å²) in [5, 5.41) is 35.4. The van der Waals surface area contributed by atoms with Crippen LogP contribution in [0.2, 0.25) is 5.02 Å². The van der Waals surface area contributed by atoms with Gasteiger partial charge in [-0.25, -0.2) is 14.2 Å². The lowest BCUT2D eigenvalue weighted by Crippen LogP contribution is -2.48. The lowest BCUT2D eigenvalue weighted by molar-refractivity contribution is -0.392. The predicted octanol–water partition coefficient (Wildman–Crippen LogP) is 5.51. The van der Waals surface area contributed by atoms with E-state index >= 15 is 0 Å². The van der Waals surface area contributed by atoms with E-state index in [1.54, 1.807) is 25.1 Å². The number of carbonyl (C=O) groups is 4. The average molecular weight is 748 g/mol. The molecule has 2 heterocycles. The summed E-state index contributed by atoms with van der Waals surface area (Å²) in [5.74, 6) is -8.96. The summed E-state index contributed by atoms with van der Waals surface area (Å²) < 4.78 is 19.5. The van der Waals surface area contributed by atoms with Gasteiger partial charge in [-0.1, -0.05) is 35.4 Å². The van der Waals surface area contributed by atoms with Gasteiger partial charge in [-0.2, -0.15) is 0 Å². The molecule has 3 fully saturated rings. The van der Waals surface area contributed by atoms with Gasteiger partial charge in [-0.15, -0.1) is 0 Å². The number of amides is 4.